The number of ether oxygens (including phenoxy) is 1. The predicted molar refractivity (Wildman–Crippen MR) is 47.1 cm³/mol. The van der Waals surface area contributed by atoms with Gasteiger partial charge in [0.05, 0.1) is 13.2 Å². The summed E-state index contributed by atoms with van der Waals surface area (Å²) in [4.78, 5) is 12.4. The monoisotopic (exact) mass is 169 g/mol. The Kier molecular flexibility index (Phi) is 3.97. The molecule has 3 nitrogen and oxygen atoms in total. The highest BCUT2D eigenvalue weighted by Crippen LogP contribution is 2.02. The molecule has 1 heterocycles. The molecule has 1 aliphatic rings. The van der Waals surface area contributed by atoms with Gasteiger partial charge in [0.2, 0.25) is 0 Å². The molecule has 0 aromatic carbocycles. The molecular formula is C9H15NO2. The lowest BCUT2D eigenvalue weighted by Gasteiger charge is -2.26. The highest BCUT2D eigenvalue weighted by Gasteiger charge is 2.10. The summed E-state index contributed by atoms with van der Waals surface area (Å²) in [6.07, 6.45) is 1.39. The zero-order valence-corrected chi connectivity index (χ0v) is 7.29. The minimum absolute atomic E-state index is 0.483. The van der Waals surface area contributed by atoms with E-state index in [0.29, 0.717) is 6.42 Å². The first-order valence-electron chi connectivity index (χ1n) is 4.23. The summed E-state index contributed by atoms with van der Waals surface area (Å²) in [5.74, 6) is 0. The molecule has 0 bridgehead atoms. The van der Waals surface area contributed by atoms with Crippen LogP contribution in [0.5, 0.6) is 0 Å². The molecule has 0 amide bonds. The summed E-state index contributed by atoms with van der Waals surface area (Å²) in [6.45, 7) is 8.17. The van der Waals surface area contributed by atoms with E-state index in [1.54, 1.807) is 0 Å². The Labute approximate surface area is 73.0 Å². The molecule has 0 spiro atoms. The highest BCUT2D eigenvalue weighted by molar-refractivity contribution is 5.53. The molecule has 1 aliphatic heterocycles. The maximum Gasteiger partial charge on any atom is 0.124 e. The van der Waals surface area contributed by atoms with Crippen LogP contribution in [0.15, 0.2) is 12.2 Å². The predicted octanol–water partition coefficient (Wildman–Crippen LogP) is 0.464. The third-order valence-corrected chi connectivity index (χ3v) is 1.92. The van der Waals surface area contributed by atoms with Crippen LogP contribution in [-0.4, -0.2) is 44.0 Å². The summed E-state index contributed by atoms with van der Waals surface area (Å²) in [6, 6.07) is 0. The lowest BCUT2D eigenvalue weighted by Crippen LogP contribution is -2.37. The number of aldehydes is 1. The van der Waals surface area contributed by atoms with Gasteiger partial charge in [-0.05, 0) is 0 Å². The molecular weight excluding hydrogens is 154 g/mol. The third-order valence-electron chi connectivity index (χ3n) is 1.92. The molecule has 12 heavy (non-hydrogen) atoms. The Morgan fingerprint density at radius 3 is 2.75 bits per heavy atom. The maximum atomic E-state index is 10.2. The Morgan fingerprint density at radius 2 is 2.17 bits per heavy atom. The lowest BCUT2D eigenvalue weighted by atomic mass is 10.2. The van der Waals surface area contributed by atoms with E-state index >= 15 is 0 Å². The SMILES string of the molecule is C=C(CC=O)CN1CCOCC1. The Bertz CT molecular complexity index is 162. The van der Waals surface area contributed by atoms with Gasteiger partial charge in [-0.2, -0.15) is 0 Å². The van der Waals surface area contributed by atoms with Crippen LogP contribution in [0.25, 0.3) is 0 Å². The van der Waals surface area contributed by atoms with Crippen LogP contribution in [0.4, 0.5) is 0 Å². The lowest BCUT2D eigenvalue weighted by molar-refractivity contribution is -0.107. The fourth-order valence-corrected chi connectivity index (χ4v) is 1.26. The van der Waals surface area contributed by atoms with E-state index in [4.69, 9.17) is 4.74 Å². The van der Waals surface area contributed by atoms with Crippen LogP contribution >= 0.6 is 0 Å². The molecule has 0 unspecified atom stereocenters. The summed E-state index contributed by atoms with van der Waals surface area (Å²) in [7, 11) is 0. The largest absolute Gasteiger partial charge is 0.379 e. The molecule has 3 heteroatoms. The topological polar surface area (TPSA) is 29.5 Å². The van der Waals surface area contributed by atoms with Gasteiger partial charge in [0.1, 0.15) is 6.29 Å². The minimum Gasteiger partial charge on any atom is -0.379 e. The second-order valence-corrected chi connectivity index (χ2v) is 3.01. The third kappa shape index (κ3) is 3.15. The van der Waals surface area contributed by atoms with Gasteiger partial charge in [-0.1, -0.05) is 12.2 Å². The van der Waals surface area contributed by atoms with Gasteiger partial charge < -0.3 is 9.53 Å². The van der Waals surface area contributed by atoms with Crippen LogP contribution < -0.4 is 0 Å². The van der Waals surface area contributed by atoms with Crippen molar-refractivity contribution in [2.75, 3.05) is 32.8 Å². The molecule has 0 saturated carbocycles. The standard InChI is InChI=1S/C9H15NO2/c1-9(2-5-11)8-10-3-6-12-7-4-10/h5H,1-4,6-8H2. The number of nitrogens with zero attached hydrogens (tertiary/aromatic N) is 1. The molecule has 0 aromatic rings. The van der Waals surface area contributed by atoms with E-state index in [9.17, 15) is 4.79 Å². The van der Waals surface area contributed by atoms with E-state index in [1.165, 1.54) is 0 Å². The highest BCUT2D eigenvalue weighted by atomic mass is 16.5. The summed E-state index contributed by atoms with van der Waals surface area (Å²) in [5, 5.41) is 0. The van der Waals surface area contributed by atoms with Crippen molar-refractivity contribution in [3.8, 4) is 0 Å². The normalized spacial score (nSPS) is 19.0. The van der Waals surface area contributed by atoms with E-state index < -0.39 is 0 Å². The van der Waals surface area contributed by atoms with Crippen LogP contribution in [0.3, 0.4) is 0 Å². The molecule has 68 valence electrons. The number of carbonyl (C=O) groups is 1. The van der Waals surface area contributed by atoms with Crippen molar-refractivity contribution in [1.82, 2.24) is 4.90 Å². The van der Waals surface area contributed by atoms with Gasteiger partial charge >= 0.3 is 0 Å². The second-order valence-electron chi connectivity index (χ2n) is 3.01. The number of rotatable bonds is 4. The van der Waals surface area contributed by atoms with E-state index in [0.717, 1.165) is 44.7 Å². The molecule has 1 rings (SSSR count). The summed E-state index contributed by atoms with van der Waals surface area (Å²) in [5.41, 5.74) is 0.993. The van der Waals surface area contributed by atoms with Crippen molar-refractivity contribution in [1.29, 1.82) is 0 Å². The van der Waals surface area contributed by atoms with E-state index in [2.05, 4.69) is 11.5 Å². The second kappa shape index (κ2) is 5.06. The number of hydrogen-bond donors (Lipinski definition) is 0. The number of hydrogen-bond acceptors (Lipinski definition) is 3. The van der Waals surface area contributed by atoms with Gasteiger partial charge in [-0.25, -0.2) is 0 Å². The summed E-state index contributed by atoms with van der Waals surface area (Å²) >= 11 is 0. The fourth-order valence-electron chi connectivity index (χ4n) is 1.26. The molecule has 0 N–H and O–H groups in total. The average Bonchev–Trinajstić information content (AvgIpc) is 2.06. The Hall–Kier alpha value is -0.670. The minimum atomic E-state index is 0.483. The quantitative estimate of drug-likeness (QED) is 0.452. The molecule has 0 aliphatic carbocycles. The maximum absolute atomic E-state index is 10.2. The van der Waals surface area contributed by atoms with E-state index in [1.807, 2.05) is 0 Å². The van der Waals surface area contributed by atoms with Gasteiger partial charge in [0.25, 0.3) is 0 Å². The zero-order valence-electron chi connectivity index (χ0n) is 7.29. The smallest absolute Gasteiger partial charge is 0.124 e. The van der Waals surface area contributed by atoms with Gasteiger partial charge in [-0.3, -0.25) is 4.90 Å². The van der Waals surface area contributed by atoms with Crippen LogP contribution in [0.2, 0.25) is 0 Å². The van der Waals surface area contributed by atoms with Crippen molar-refractivity contribution in [3.05, 3.63) is 12.2 Å². The molecule has 0 atom stereocenters. The molecule has 1 fully saturated rings. The van der Waals surface area contributed by atoms with Crippen molar-refractivity contribution >= 4 is 6.29 Å². The average molecular weight is 169 g/mol. The van der Waals surface area contributed by atoms with Crippen LogP contribution in [0.1, 0.15) is 6.42 Å². The van der Waals surface area contributed by atoms with Crippen molar-refractivity contribution < 1.29 is 9.53 Å². The first-order chi connectivity index (χ1) is 5.83. The Morgan fingerprint density at radius 1 is 1.50 bits per heavy atom. The molecule has 0 aromatic heterocycles. The zero-order chi connectivity index (χ0) is 8.81. The van der Waals surface area contributed by atoms with Crippen molar-refractivity contribution in [2.24, 2.45) is 0 Å². The molecule has 1 saturated heterocycles. The fraction of sp³-hybridized carbons (Fsp3) is 0.667. The van der Waals surface area contributed by atoms with Crippen LogP contribution in [-0.2, 0) is 9.53 Å². The number of carbonyl (C=O) groups excluding carboxylic acids is 1. The van der Waals surface area contributed by atoms with Gasteiger partial charge in [-0.15, -0.1) is 0 Å². The first kappa shape index (κ1) is 9.42. The van der Waals surface area contributed by atoms with Gasteiger partial charge in [0.15, 0.2) is 0 Å². The first-order valence-corrected chi connectivity index (χ1v) is 4.23. The number of morpholine rings is 1. The van der Waals surface area contributed by atoms with Gasteiger partial charge in [0, 0.05) is 26.1 Å². The Balaban J connectivity index is 2.19. The summed E-state index contributed by atoms with van der Waals surface area (Å²) < 4.78 is 5.20. The van der Waals surface area contributed by atoms with Crippen molar-refractivity contribution in [2.45, 2.75) is 6.42 Å². The van der Waals surface area contributed by atoms with Crippen molar-refractivity contribution in [3.63, 3.8) is 0 Å². The molecule has 0 radical (unpaired) electrons. The van der Waals surface area contributed by atoms with E-state index in [-0.39, 0.29) is 0 Å². The van der Waals surface area contributed by atoms with Crippen LogP contribution in [0, 0.1) is 0 Å².